The summed E-state index contributed by atoms with van der Waals surface area (Å²) in [6.45, 7) is 13.3. The molecule has 0 radical (unpaired) electrons. The second kappa shape index (κ2) is 11.8. The van der Waals surface area contributed by atoms with Crippen molar-refractivity contribution in [2.45, 2.75) is 55.1 Å². The zero-order valence-corrected chi connectivity index (χ0v) is 24.1. The fraction of sp³-hybridized carbons (Fsp3) is 0.567. The van der Waals surface area contributed by atoms with Crippen molar-refractivity contribution in [2.24, 2.45) is 11.8 Å². The molecule has 39 heavy (non-hydrogen) atoms. The minimum absolute atomic E-state index is 0.0278. The van der Waals surface area contributed by atoms with Crippen LogP contribution < -0.4 is 9.64 Å². The van der Waals surface area contributed by atoms with E-state index in [2.05, 4.69) is 20.1 Å². The minimum atomic E-state index is -0.743. The number of carbonyl (C=O) groups excluding carboxylic acids is 3. The molecule has 3 fully saturated rings. The Morgan fingerprint density at radius 1 is 1.18 bits per heavy atom. The zero-order valence-electron chi connectivity index (χ0n) is 23.3. The monoisotopic (exact) mass is 555 g/mol. The van der Waals surface area contributed by atoms with Crippen molar-refractivity contribution in [3.63, 3.8) is 0 Å². The van der Waals surface area contributed by atoms with E-state index in [1.54, 1.807) is 57.9 Å². The number of benzene rings is 1. The van der Waals surface area contributed by atoms with Crippen molar-refractivity contribution in [2.75, 3.05) is 44.8 Å². The van der Waals surface area contributed by atoms with Gasteiger partial charge in [0, 0.05) is 43.2 Å². The van der Waals surface area contributed by atoms with Crippen molar-refractivity contribution < 1.29 is 24.2 Å². The van der Waals surface area contributed by atoms with E-state index in [1.165, 1.54) is 0 Å². The van der Waals surface area contributed by atoms with Crippen LogP contribution in [-0.4, -0.2) is 88.1 Å². The first kappa shape index (κ1) is 29.2. The van der Waals surface area contributed by atoms with Crippen LogP contribution in [0, 0.1) is 11.8 Å². The quantitative estimate of drug-likeness (QED) is 0.375. The van der Waals surface area contributed by atoms with Crippen LogP contribution >= 0.6 is 11.8 Å². The first-order valence-corrected chi connectivity index (χ1v) is 14.6. The Bertz CT molecular complexity index is 1110. The lowest BCUT2D eigenvalue weighted by atomic mass is 9.66. The van der Waals surface area contributed by atoms with Gasteiger partial charge in [-0.3, -0.25) is 14.4 Å². The number of nitrogens with zero attached hydrogens (tertiary/aromatic N) is 3. The molecular formula is C30H41N3O5S. The summed E-state index contributed by atoms with van der Waals surface area (Å²) in [5.74, 6) is -0.792. The molecule has 1 aromatic carbocycles. The number of thioether (sulfide) groups is 1. The molecule has 5 atom stereocenters. The number of hydrogen-bond donors (Lipinski definition) is 1. The molecule has 1 N–H and O–H groups in total. The second-order valence-corrected chi connectivity index (χ2v) is 12.7. The van der Waals surface area contributed by atoms with E-state index in [9.17, 15) is 19.5 Å². The molecule has 0 aromatic heterocycles. The summed E-state index contributed by atoms with van der Waals surface area (Å²) >= 11 is 1.66. The first-order chi connectivity index (χ1) is 18.7. The van der Waals surface area contributed by atoms with E-state index in [1.807, 2.05) is 19.1 Å². The van der Waals surface area contributed by atoms with E-state index in [0.717, 1.165) is 12.8 Å². The third kappa shape index (κ3) is 4.88. The topological polar surface area (TPSA) is 90.4 Å². The Balaban J connectivity index is 1.77. The van der Waals surface area contributed by atoms with Gasteiger partial charge in [0.15, 0.2) is 0 Å². The number of ether oxygens (including phenoxy) is 1. The fourth-order valence-corrected chi connectivity index (χ4v) is 9.18. The van der Waals surface area contributed by atoms with Gasteiger partial charge in [0.1, 0.15) is 11.8 Å². The summed E-state index contributed by atoms with van der Waals surface area (Å²) in [5, 5.41) is 9.63. The van der Waals surface area contributed by atoms with Crippen LogP contribution in [0.4, 0.5) is 5.69 Å². The number of hydrogen-bond acceptors (Lipinski definition) is 6. The van der Waals surface area contributed by atoms with E-state index in [4.69, 9.17) is 4.74 Å². The van der Waals surface area contributed by atoms with Gasteiger partial charge in [0.05, 0.1) is 23.7 Å². The maximum atomic E-state index is 14.5. The molecule has 212 valence electrons. The van der Waals surface area contributed by atoms with Gasteiger partial charge in [-0.05, 0) is 56.9 Å². The lowest BCUT2D eigenvalue weighted by Crippen LogP contribution is -2.55. The van der Waals surface area contributed by atoms with Crippen LogP contribution in [0.15, 0.2) is 49.6 Å². The summed E-state index contributed by atoms with van der Waals surface area (Å²) in [7, 11) is 1.59. The molecule has 2 bridgehead atoms. The Morgan fingerprint density at radius 3 is 2.46 bits per heavy atom. The number of aliphatic hydroxyl groups excluding tert-OH is 1. The highest BCUT2D eigenvalue weighted by atomic mass is 32.2. The predicted molar refractivity (Wildman–Crippen MR) is 155 cm³/mol. The summed E-state index contributed by atoms with van der Waals surface area (Å²) < 4.78 is 4.15. The van der Waals surface area contributed by atoms with E-state index < -0.39 is 27.4 Å². The van der Waals surface area contributed by atoms with Gasteiger partial charge < -0.3 is 24.5 Å². The molecule has 1 aromatic rings. The average Bonchev–Trinajstić information content (AvgIpc) is 3.50. The Kier molecular flexibility index (Phi) is 8.81. The van der Waals surface area contributed by atoms with E-state index in [-0.39, 0.29) is 37.4 Å². The summed E-state index contributed by atoms with van der Waals surface area (Å²) in [5.41, 5.74) is 0.687. The number of methoxy groups -OCH3 is 1. The van der Waals surface area contributed by atoms with Gasteiger partial charge in [-0.25, -0.2) is 0 Å². The standard InChI is InChI=1S/C30H41N3O5S/c1-6-16-31(17-7-2)26(35)23-24-27(36)33(19-9-20-34)25(30(24)15-14-29(23,4)39-30)28(37)32(18-8-3)21-10-12-22(38-5)13-11-21/h6,8,10-13,23-25,34H,1,3,7,9,14-20H2,2,4-5H3/t23-,24+,25?,29+,30?/m1/s1. The van der Waals surface area contributed by atoms with Gasteiger partial charge in [-0.1, -0.05) is 19.1 Å². The third-order valence-corrected chi connectivity index (χ3v) is 10.4. The van der Waals surface area contributed by atoms with Crippen molar-refractivity contribution in [3.8, 4) is 5.75 Å². The Morgan fingerprint density at radius 2 is 1.87 bits per heavy atom. The number of rotatable bonds is 13. The number of amides is 3. The van der Waals surface area contributed by atoms with Crippen LogP contribution in [0.1, 0.15) is 39.5 Å². The van der Waals surface area contributed by atoms with Crippen LogP contribution in [0.5, 0.6) is 5.75 Å². The molecule has 0 saturated carbocycles. The summed E-state index contributed by atoms with van der Waals surface area (Å²) in [4.78, 5) is 47.9. The van der Waals surface area contributed by atoms with Gasteiger partial charge in [-0.2, -0.15) is 0 Å². The van der Waals surface area contributed by atoms with Crippen LogP contribution in [0.2, 0.25) is 0 Å². The maximum Gasteiger partial charge on any atom is 0.251 e. The lowest BCUT2D eigenvalue weighted by Gasteiger charge is -2.38. The maximum absolute atomic E-state index is 14.5. The normalized spacial score (nSPS) is 28.8. The molecule has 3 heterocycles. The molecular weight excluding hydrogens is 514 g/mol. The number of fused-ring (bicyclic) bond motifs is 1. The lowest BCUT2D eigenvalue weighted by molar-refractivity contribution is -0.145. The zero-order chi connectivity index (χ0) is 28.4. The molecule has 8 nitrogen and oxygen atoms in total. The molecule has 4 rings (SSSR count). The molecule has 9 heteroatoms. The number of likely N-dealkylation sites (tertiary alicyclic amines) is 1. The summed E-state index contributed by atoms with van der Waals surface area (Å²) in [6.07, 6.45) is 6.01. The largest absolute Gasteiger partial charge is 0.497 e. The highest BCUT2D eigenvalue weighted by Crippen LogP contribution is 2.71. The van der Waals surface area contributed by atoms with Gasteiger partial charge in [0.25, 0.3) is 5.91 Å². The molecule has 2 unspecified atom stereocenters. The van der Waals surface area contributed by atoms with Crippen molar-refractivity contribution in [3.05, 3.63) is 49.6 Å². The van der Waals surface area contributed by atoms with Crippen molar-refractivity contribution in [1.29, 1.82) is 0 Å². The fourth-order valence-electron chi connectivity index (χ4n) is 6.84. The van der Waals surface area contributed by atoms with E-state index in [0.29, 0.717) is 37.4 Å². The molecule has 3 aliphatic heterocycles. The first-order valence-electron chi connectivity index (χ1n) is 13.8. The number of aliphatic hydroxyl groups is 1. The SMILES string of the molecule is C=CCN(CCC)C(=O)[C@H]1[C@H]2C(=O)N(CCCO)C(C(=O)N(CC=C)c3ccc(OC)cc3)C23CC[C@]1(C)S3. The summed E-state index contributed by atoms with van der Waals surface area (Å²) in [6, 6.07) is 6.52. The number of anilines is 1. The minimum Gasteiger partial charge on any atom is -0.497 e. The molecule has 3 amide bonds. The highest BCUT2D eigenvalue weighted by molar-refractivity contribution is 8.02. The smallest absolute Gasteiger partial charge is 0.251 e. The highest BCUT2D eigenvalue weighted by Gasteiger charge is 2.77. The van der Waals surface area contributed by atoms with Crippen LogP contribution in [-0.2, 0) is 14.4 Å². The Hall–Kier alpha value is -2.78. The van der Waals surface area contributed by atoms with E-state index >= 15 is 0 Å². The number of carbonyl (C=O) groups is 3. The van der Waals surface area contributed by atoms with Gasteiger partial charge in [-0.15, -0.1) is 24.9 Å². The Labute approximate surface area is 236 Å². The third-order valence-electron chi connectivity index (χ3n) is 8.45. The average molecular weight is 556 g/mol. The van der Waals surface area contributed by atoms with Crippen molar-refractivity contribution in [1.82, 2.24) is 9.80 Å². The van der Waals surface area contributed by atoms with Gasteiger partial charge in [0.2, 0.25) is 11.8 Å². The molecule has 1 spiro atoms. The van der Waals surface area contributed by atoms with Crippen LogP contribution in [0.3, 0.4) is 0 Å². The second-order valence-electron chi connectivity index (χ2n) is 10.8. The molecule has 3 saturated heterocycles. The van der Waals surface area contributed by atoms with Gasteiger partial charge >= 0.3 is 0 Å². The van der Waals surface area contributed by atoms with Crippen LogP contribution in [0.25, 0.3) is 0 Å². The van der Waals surface area contributed by atoms with Crippen molar-refractivity contribution >= 4 is 35.2 Å². The molecule has 0 aliphatic carbocycles. The molecule has 3 aliphatic rings. The predicted octanol–water partition coefficient (Wildman–Crippen LogP) is 3.50.